The first-order valence-electron chi connectivity index (χ1n) is 9.85. The molecule has 31 heavy (non-hydrogen) atoms. The number of para-hydroxylation sites is 2. The Balaban J connectivity index is 1.90. The first kappa shape index (κ1) is 19.0. The number of aromatic nitrogens is 3. The molecule has 1 aliphatic rings. The highest BCUT2D eigenvalue weighted by molar-refractivity contribution is 5.86. The standard InChI is InChI=1S/C23H22N4O4/c1-25-20-15(22(28)26(2)23(25)29)12-27-17-8-6-5-7-16(17)24-19(21(20)27)14-10-9-13(30-3)11-18(14)31-4/h5-12,19,24H,1-4H3. The zero-order valence-electron chi connectivity index (χ0n) is 17.7. The Bertz CT molecular complexity index is 1460. The molecule has 1 aliphatic heterocycles. The third kappa shape index (κ3) is 2.61. The Morgan fingerprint density at radius 2 is 1.74 bits per heavy atom. The minimum Gasteiger partial charge on any atom is -0.497 e. The van der Waals surface area contributed by atoms with Gasteiger partial charge in [-0.1, -0.05) is 12.1 Å². The van der Waals surface area contributed by atoms with Crippen LogP contribution in [-0.2, 0) is 14.1 Å². The summed E-state index contributed by atoms with van der Waals surface area (Å²) < 4.78 is 15.7. The zero-order valence-corrected chi connectivity index (χ0v) is 17.7. The average Bonchev–Trinajstić information content (AvgIpc) is 3.21. The maximum absolute atomic E-state index is 13.0. The van der Waals surface area contributed by atoms with Crippen molar-refractivity contribution in [2.75, 3.05) is 19.5 Å². The van der Waals surface area contributed by atoms with Crippen LogP contribution in [0.25, 0.3) is 16.6 Å². The predicted molar refractivity (Wildman–Crippen MR) is 119 cm³/mol. The number of rotatable bonds is 3. The SMILES string of the molecule is COc1ccc(C2Nc3ccccc3-n3cc4c(=O)n(C)c(=O)n(C)c4c32)c(OC)c1. The summed E-state index contributed by atoms with van der Waals surface area (Å²) >= 11 is 0. The first-order chi connectivity index (χ1) is 15.0. The van der Waals surface area contributed by atoms with E-state index in [9.17, 15) is 9.59 Å². The maximum Gasteiger partial charge on any atom is 0.331 e. The summed E-state index contributed by atoms with van der Waals surface area (Å²) in [6.45, 7) is 0. The normalized spacial score (nSPS) is 14.6. The Morgan fingerprint density at radius 1 is 0.968 bits per heavy atom. The quantitative estimate of drug-likeness (QED) is 0.553. The molecule has 158 valence electrons. The summed E-state index contributed by atoms with van der Waals surface area (Å²) in [5, 5.41) is 4.06. The van der Waals surface area contributed by atoms with E-state index in [0.29, 0.717) is 22.4 Å². The lowest BCUT2D eigenvalue weighted by molar-refractivity contribution is 0.390. The molecule has 0 bridgehead atoms. The second-order valence-electron chi connectivity index (χ2n) is 7.55. The molecule has 0 aliphatic carbocycles. The second kappa shape index (κ2) is 6.80. The van der Waals surface area contributed by atoms with E-state index in [0.717, 1.165) is 27.2 Å². The van der Waals surface area contributed by atoms with Crippen LogP contribution < -0.4 is 26.0 Å². The van der Waals surface area contributed by atoms with Crippen molar-refractivity contribution in [1.29, 1.82) is 0 Å². The summed E-state index contributed by atoms with van der Waals surface area (Å²) in [7, 11) is 6.40. The monoisotopic (exact) mass is 418 g/mol. The number of aryl methyl sites for hydroxylation is 1. The molecule has 1 atom stereocenters. The highest BCUT2D eigenvalue weighted by Gasteiger charge is 2.32. The summed E-state index contributed by atoms with van der Waals surface area (Å²) in [5.41, 5.74) is 3.40. The van der Waals surface area contributed by atoms with Gasteiger partial charge in [0.2, 0.25) is 0 Å². The molecule has 2 aromatic carbocycles. The Morgan fingerprint density at radius 3 is 2.48 bits per heavy atom. The van der Waals surface area contributed by atoms with Gasteiger partial charge in [0.05, 0.1) is 48.2 Å². The van der Waals surface area contributed by atoms with Gasteiger partial charge >= 0.3 is 5.69 Å². The van der Waals surface area contributed by atoms with Gasteiger partial charge in [-0.3, -0.25) is 13.9 Å². The number of ether oxygens (including phenoxy) is 2. The van der Waals surface area contributed by atoms with Crippen molar-refractivity contribution in [2.45, 2.75) is 6.04 Å². The van der Waals surface area contributed by atoms with Gasteiger partial charge < -0.3 is 19.4 Å². The van der Waals surface area contributed by atoms with Gasteiger partial charge in [0.25, 0.3) is 5.56 Å². The van der Waals surface area contributed by atoms with Gasteiger partial charge in [-0.15, -0.1) is 0 Å². The highest BCUT2D eigenvalue weighted by Crippen LogP contribution is 2.43. The largest absolute Gasteiger partial charge is 0.497 e. The molecular weight excluding hydrogens is 396 g/mol. The average molecular weight is 418 g/mol. The molecule has 5 rings (SSSR count). The lowest BCUT2D eigenvalue weighted by Crippen LogP contribution is -2.37. The number of nitrogens with zero attached hydrogens (tertiary/aromatic N) is 3. The topological polar surface area (TPSA) is 79.4 Å². The number of anilines is 1. The van der Waals surface area contributed by atoms with E-state index in [1.807, 2.05) is 53.2 Å². The number of hydrogen-bond donors (Lipinski definition) is 1. The summed E-state index contributed by atoms with van der Waals surface area (Å²) in [6.07, 6.45) is 1.81. The van der Waals surface area contributed by atoms with Crippen LogP contribution in [0.2, 0.25) is 0 Å². The van der Waals surface area contributed by atoms with Crippen molar-refractivity contribution >= 4 is 16.6 Å². The zero-order chi connectivity index (χ0) is 21.9. The molecular formula is C23H22N4O4. The molecule has 8 nitrogen and oxygen atoms in total. The fraction of sp³-hybridized carbons (Fsp3) is 0.217. The van der Waals surface area contributed by atoms with Crippen LogP contribution in [0.4, 0.5) is 5.69 Å². The van der Waals surface area contributed by atoms with E-state index in [2.05, 4.69) is 5.32 Å². The summed E-state index contributed by atoms with van der Waals surface area (Å²) in [6, 6.07) is 13.1. The molecule has 0 saturated heterocycles. The minimum absolute atomic E-state index is 0.321. The van der Waals surface area contributed by atoms with Crippen molar-refractivity contribution in [3.8, 4) is 17.2 Å². The second-order valence-corrected chi connectivity index (χ2v) is 7.55. The minimum atomic E-state index is -0.370. The van der Waals surface area contributed by atoms with Gasteiger partial charge in [0.1, 0.15) is 11.5 Å². The molecule has 1 N–H and O–H groups in total. The van der Waals surface area contributed by atoms with Gasteiger partial charge in [0, 0.05) is 31.9 Å². The molecule has 2 aromatic heterocycles. The van der Waals surface area contributed by atoms with Crippen LogP contribution >= 0.6 is 0 Å². The van der Waals surface area contributed by atoms with E-state index in [1.165, 1.54) is 11.6 Å². The van der Waals surface area contributed by atoms with Crippen molar-refractivity contribution in [1.82, 2.24) is 13.7 Å². The van der Waals surface area contributed by atoms with Gasteiger partial charge in [-0.2, -0.15) is 0 Å². The predicted octanol–water partition coefficient (Wildman–Crippen LogP) is 2.56. The van der Waals surface area contributed by atoms with E-state index >= 15 is 0 Å². The van der Waals surface area contributed by atoms with Crippen LogP contribution in [0.15, 0.2) is 58.3 Å². The smallest absolute Gasteiger partial charge is 0.331 e. The molecule has 4 aromatic rings. The number of hydrogen-bond acceptors (Lipinski definition) is 5. The Hall–Kier alpha value is -3.94. The number of benzene rings is 2. The van der Waals surface area contributed by atoms with E-state index in [4.69, 9.17) is 9.47 Å². The van der Waals surface area contributed by atoms with Crippen molar-refractivity contribution < 1.29 is 9.47 Å². The van der Waals surface area contributed by atoms with Crippen molar-refractivity contribution in [3.63, 3.8) is 0 Å². The van der Waals surface area contributed by atoms with E-state index in [-0.39, 0.29) is 17.3 Å². The molecule has 0 amide bonds. The van der Waals surface area contributed by atoms with E-state index < -0.39 is 0 Å². The Kier molecular flexibility index (Phi) is 4.18. The van der Waals surface area contributed by atoms with Crippen LogP contribution in [0.1, 0.15) is 17.3 Å². The molecule has 0 fully saturated rings. The molecule has 0 saturated carbocycles. The van der Waals surface area contributed by atoms with Crippen LogP contribution in [0.5, 0.6) is 11.5 Å². The third-order valence-corrected chi connectivity index (χ3v) is 5.95. The Labute approximate surface area is 177 Å². The number of fused-ring (bicyclic) bond motifs is 5. The third-order valence-electron chi connectivity index (χ3n) is 5.95. The lowest BCUT2D eigenvalue weighted by Gasteiger charge is -2.31. The van der Waals surface area contributed by atoms with Gasteiger partial charge in [0.15, 0.2) is 0 Å². The van der Waals surface area contributed by atoms with E-state index in [1.54, 1.807) is 21.3 Å². The summed E-state index contributed by atoms with van der Waals surface area (Å²) in [5.74, 6) is 1.32. The fourth-order valence-corrected chi connectivity index (χ4v) is 4.40. The van der Waals surface area contributed by atoms with Crippen molar-refractivity contribution in [3.05, 3.63) is 80.8 Å². The van der Waals surface area contributed by atoms with Gasteiger partial charge in [-0.05, 0) is 24.3 Å². The van der Waals surface area contributed by atoms with Crippen molar-refractivity contribution in [2.24, 2.45) is 14.1 Å². The maximum atomic E-state index is 13.0. The molecule has 8 heteroatoms. The van der Waals surface area contributed by atoms with Crippen LogP contribution in [0, 0.1) is 0 Å². The lowest BCUT2D eigenvalue weighted by atomic mass is 9.98. The highest BCUT2D eigenvalue weighted by atomic mass is 16.5. The van der Waals surface area contributed by atoms with Gasteiger partial charge in [-0.25, -0.2) is 4.79 Å². The molecule has 1 unspecified atom stereocenters. The fourth-order valence-electron chi connectivity index (χ4n) is 4.40. The molecule has 3 heterocycles. The van der Waals surface area contributed by atoms with Crippen LogP contribution in [-0.4, -0.2) is 27.9 Å². The number of methoxy groups -OCH3 is 2. The van der Waals surface area contributed by atoms with Crippen LogP contribution in [0.3, 0.4) is 0 Å². The molecule has 0 spiro atoms. The number of nitrogens with one attached hydrogen (secondary N) is 1. The molecule has 0 radical (unpaired) electrons. The first-order valence-corrected chi connectivity index (χ1v) is 9.85. The summed E-state index contributed by atoms with van der Waals surface area (Å²) in [4.78, 5) is 25.7.